The van der Waals surface area contributed by atoms with Crippen LogP contribution < -0.4 is 0 Å². The number of hydrogen-bond acceptors (Lipinski definition) is 3. The first-order chi connectivity index (χ1) is 8.47. The number of nitrogens with zero attached hydrogens (tertiary/aromatic N) is 2. The molecular weight excluding hydrogens is 236 g/mol. The van der Waals surface area contributed by atoms with Crippen molar-refractivity contribution in [2.45, 2.75) is 20.4 Å². The van der Waals surface area contributed by atoms with E-state index in [9.17, 15) is 14.7 Å². The number of aromatic carboxylic acids is 2. The first kappa shape index (κ1) is 12.1. The number of rotatable bonds is 3. The Kier molecular flexibility index (Phi) is 2.78. The van der Waals surface area contributed by atoms with Crippen LogP contribution in [0.2, 0.25) is 0 Å². The van der Waals surface area contributed by atoms with Gasteiger partial charge in [-0.1, -0.05) is 0 Å². The van der Waals surface area contributed by atoms with Crippen LogP contribution in [-0.4, -0.2) is 31.7 Å². The van der Waals surface area contributed by atoms with E-state index < -0.39 is 11.9 Å². The van der Waals surface area contributed by atoms with Crippen molar-refractivity contribution in [3.8, 4) is 0 Å². The fraction of sp³-hybridized carbons (Fsp3) is 0.250. The van der Waals surface area contributed by atoms with Gasteiger partial charge in [0.25, 0.3) is 0 Å². The van der Waals surface area contributed by atoms with Crippen LogP contribution in [0.3, 0.4) is 0 Å². The molecule has 94 valence electrons. The van der Waals surface area contributed by atoms with Gasteiger partial charge in [-0.25, -0.2) is 14.6 Å². The van der Waals surface area contributed by atoms with Gasteiger partial charge in [0, 0.05) is 6.54 Å². The molecule has 18 heavy (non-hydrogen) atoms. The van der Waals surface area contributed by atoms with Gasteiger partial charge in [-0.2, -0.15) is 0 Å². The highest BCUT2D eigenvalue weighted by Gasteiger charge is 2.22. The molecule has 0 aliphatic rings. The van der Waals surface area contributed by atoms with Gasteiger partial charge in [0.2, 0.25) is 0 Å². The van der Waals surface area contributed by atoms with E-state index in [1.807, 2.05) is 11.5 Å². The fourth-order valence-corrected chi connectivity index (χ4v) is 2.10. The molecule has 2 aromatic rings. The summed E-state index contributed by atoms with van der Waals surface area (Å²) in [5.74, 6) is -1.88. The zero-order valence-corrected chi connectivity index (χ0v) is 9.97. The average molecular weight is 248 g/mol. The second kappa shape index (κ2) is 4.14. The van der Waals surface area contributed by atoms with Crippen molar-refractivity contribution >= 4 is 23.0 Å². The first-order valence-corrected chi connectivity index (χ1v) is 5.43. The molecule has 0 aliphatic carbocycles. The minimum absolute atomic E-state index is 0.224. The molecule has 1 aromatic heterocycles. The van der Waals surface area contributed by atoms with Crippen molar-refractivity contribution in [3.63, 3.8) is 0 Å². The number of fused-ring (bicyclic) bond motifs is 1. The molecule has 0 unspecified atom stereocenters. The Morgan fingerprint density at radius 2 is 1.94 bits per heavy atom. The molecule has 0 radical (unpaired) electrons. The molecule has 0 spiro atoms. The van der Waals surface area contributed by atoms with E-state index in [-0.39, 0.29) is 16.6 Å². The molecule has 0 saturated heterocycles. The zero-order valence-electron chi connectivity index (χ0n) is 9.97. The van der Waals surface area contributed by atoms with E-state index >= 15 is 0 Å². The normalized spacial score (nSPS) is 10.8. The molecular formula is C12H12N2O4. The number of hydrogen-bond donors (Lipinski definition) is 2. The molecule has 2 N–H and O–H groups in total. The third-order valence-corrected chi connectivity index (χ3v) is 2.87. The van der Waals surface area contributed by atoms with E-state index in [1.165, 1.54) is 6.07 Å². The van der Waals surface area contributed by atoms with Crippen LogP contribution in [0.4, 0.5) is 0 Å². The van der Waals surface area contributed by atoms with Gasteiger partial charge in [-0.15, -0.1) is 0 Å². The predicted octanol–water partition coefficient (Wildman–Crippen LogP) is 1.76. The summed E-state index contributed by atoms with van der Waals surface area (Å²) in [6, 6.07) is 2.90. The lowest BCUT2D eigenvalue weighted by Crippen LogP contribution is -2.09. The third-order valence-electron chi connectivity index (χ3n) is 2.87. The molecule has 0 bridgehead atoms. The maximum Gasteiger partial charge on any atom is 0.338 e. The molecule has 1 heterocycles. The average Bonchev–Trinajstić information content (AvgIpc) is 2.62. The summed E-state index contributed by atoms with van der Waals surface area (Å²) in [6.45, 7) is 4.32. The Bertz CT molecular complexity index is 658. The summed E-state index contributed by atoms with van der Waals surface area (Å²) in [7, 11) is 0. The lowest BCUT2D eigenvalue weighted by Gasteiger charge is -2.04. The standard InChI is InChI=1S/C12H12N2O4/c1-3-14-6(2)13-10-8(14)5-4-7(11(15)16)9(10)12(17)18/h4-5H,3H2,1-2H3,(H,15,16)(H,17,18). The molecule has 0 saturated carbocycles. The van der Waals surface area contributed by atoms with Crippen LogP contribution in [0.25, 0.3) is 11.0 Å². The minimum Gasteiger partial charge on any atom is -0.478 e. The second-order valence-corrected chi connectivity index (χ2v) is 3.87. The third kappa shape index (κ3) is 1.62. The molecule has 2 rings (SSSR count). The smallest absolute Gasteiger partial charge is 0.338 e. The number of benzene rings is 1. The van der Waals surface area contributed by atoms with Crippen LogP contribution >= 0.6 is 0 Å². The Labute approximate surface area is 102 Å². The number of carboxylic acid groups (broad SMARTS) is 2. The highest BCUT2D eigenvalue weighted by molar-refractivity contribution is 6.10. The van der Waals surface area contributed by atoms with Crippen LogP contribution in [-0.2, 0) is 6.54 Å². The molecule has 1 aromatic carbocycles. The molecule has 0 amide bonds. The number of aromatic nitrogens is 2. The van der Waals surface area contributed by atoms with Gasteiger partial charge in [0.15, 0.2) is 0 Å². The first-order valence-electron chi connectivity index (χ1n) is 5.43. The van der Waals surface area contributed by atoms with Crippen molar-refractivity contribution < 1.29 is 19.8 Å². The number of imidazole rings is 1. The quantitative estimate of drug-likeness (QED) is 0.863. The van der Waals surface area contributed by atoms with Crippen molar-refractivity contribution in [1.29, 1.82) is 0 Å². The number of carbonyl (C=O) groups is 2. The highest BCUT2D eigenvalue weighted by atomic mass is 16.4. The van der Waals surface area contributed by atoms with Crippen LogP contribution in [0.15, 0.2) is 12.1 Å². The summed E-state index contributed by atoms with van der Waals surface area (Å²) in [4.78, 5) is 26.4. The maximum atomic E-state index is 11.2. The number of aryl methyl sites for hydroxylation is 2. The van der Waals surface area contributed by atoms with Gasteiger partial charge in [-0.05, 0) is 26.0 Å². The number of carboxylic acids is 2. The maximum absolute atomic E-state index is 11.2. The summed E-state index contributed by atoms with van der Waals surface area (Å²) < 4.78 is 1.84. The molecule has 6 nitrogen and oxygen atoms in total. The predicted molar refractivity (Wildman–Crippen MR) is 64.1 cm³/mol. The Morgan fingerprint density at radius 1 is 1.28 bits per heavy atom. The van der Waals surface area contributed by atoms with Gasteiger partial charge in [-0.3, -0.25) is 0 Å². The van der Waals surface area contributed by atoms with E-state index in [1.54, 1.807) is 13.0 Å². The Balaban J connectivity index is 2.91. The van der Waals surface area contributed by atoms with Crippen molar-refractivity contribution in [2.24, 2.45) is 0 Å². The molecule has 0 atom stereocenters. The Hall–Kier alpha value is -2.37. The molecule has 0 fully saturated rings. The van der Waals surface area contributed by atoms with E-state index in [4.69, 9.17) is 5.11 Å². The van der Waals surface area contributed by atoms with Crippen molar-refractivity contribution in [3.05, 3.63) is 29.1 Å². The molecule has 6 heteroatoms. The summed E-state index contributed by atoms with van der Waals surface area (Å²) in [5.41, 5.74) is 0.366. The topological polar surface area (TPSA) is 92.4 Å². The van der Waals surface area contributed by atoms with Gasteiger partial charge in [0.05, 0.1) is 11.1 Å². The highest BCUT2D eigenvalue weighted by Crippen LogP contribution is 2.23. The van der Waals surface area contributed by atoms with Gasteiger partial charge >= 0.3 is 11.9 Å². The summed E-state index contributed by atoms with van der Waals surface area (Å²) in [5, 5.41) is 18.2. The minimum atomic E-state index is -1.28. The monoisotopic (exact) mass is 248 g/mol. The van der Waals surface area contributed by atoms with Crippen LogP contribution in [0.1, 0.15) is 33.5 Å². The van der Waals surface area contributed by atoms with E-state index in [0.717, 1.165) is 0 Å². The lowest BCUT2D eigenvalue weighted by atomic mass is 10.1. The molecule has 0 aliphatic heterocycles. The van der Waals surface area contributed by atoms with Crippen LogP contribution in [0.5, 0.6) is 0 Å². The van der Waals surface area contributed by atoms with Crippen LogP contribution in [0, 0.1) is 6.92 Å². The largest absolute Gasteiger partial charge is 0.478 e. The van der Waals surface area contributed by atoms with E-state index in [2.05, 4.69) is 4.98 Å². The van der Waals surface area contributed by atoms with Crippen molar-refractivity contribution in [1.82, 2.24) is 9.55 Å². The summed E-state index contributed by atoms with van der Waals surface area (Å²) >= 11 is 0. The second-order valence-electron chi connectivity index (χ2n) is 3.87. The lowest BCUT2D eigenvalue weighted by molar-refractivity contribution is 0.0653. The van der Waals surface area contributed by atoms with Gasteiger partial charge < -0.3 is 14.8 Å². The summed E-state index contributed by atoms with van der Waals surface area (Å²) in [6.07, 6.45) is 0. The van der Waals surface area contributed by atoms with Gasteiger partial charge in [0.1, 0.15) is 16.9 Å². The fourth-order valence-electron chi connectivity index (χ4n) is 2.10. The zero-order chi connectivity index (χ0) is 13.4. The Morgan fingerprint density at radius 3 is 2.44 bits per heavy atom. The van der Waals surface area contributed by atoms with Crippen molar-refractivity contribution in [2.75, 3.05) is 0 Å². The van der Waals surface area contributed by atoms with E-state index in [0.29, 0.717) is 17.9 Å². The SMILES string of the molecule is CCn1c(C)nc2c(C(=O)O)c(C(=O)O)ccc21.